The van der Waals surface area contributed by atoms with Gasteiger partial charge in [0.05, 0.1) is 14.2 Å². The summed E-state index contributed by atoms with van der Waals surface area (Å²) in [5.41, 5.74) is 2.55. The Bertz CT molecular complexity index is 665. The number of nitrogens with one attached hydrogen (secondary N) is 3. The van der Waals surface area contributed by atoms with Crippen molar-refractivity contribution in [1.29, 1.82) is 0 Å². The Morgan fingerprint density at radius 2 is 1.71 bits per heavy atom. The van der Waals surface area contributed by atoms with Gasteiger partial charge in [-0.05, 0) is 44.4 Å². The van der Waals surface area contributed by atoms with E-state index in [9.17, 15) is 4.79 Å². The largest absolute Gasteiger partial charge is 0.493 e. The number of benzene rings is 1. The van der Waals surface area contributed by atoms with Gasteiger partial charge in [-0.3, -0.25) is 4.79 Å². The highest BCUT2D eigenvalue weighted by atomic mass is 16.5. The Balaban J connectivity index is 1.52. The van der Waals surface area contributed by atoms with Crippen molar-refractivity contribution >= 4 is 5.91 Å². The molecule has 1 aromatic carbocycles. The molecule has 2 aliphatic rings. The molecule has 1 aliphatic heterocycles. The van der Waals surface area contributed by atoms with Crippen LogP contribution in [0.25, 0.3) is 0 Å². The number of quaternary nitrogens is 2. The average molecular weight is 392 g/mol. The summed E-state index contributed by atoms with van der Waals surface area (Å²) in [5, 5.41) is 3.27. The number of amides is 1. The highest BCUT2D eigenvalue weighted by Crippen LogP contribution is 2.29. The van der Waals surface area contributed by atoms with Crippen LogP contribution in [0.3, 0.4) is 0 Å². The summed E-state index contributed by atoms with van der Waals surface area (Å²) >= 11 is 0. The molecule has 2 fully saturated rings. The van der Waals surface area contributed by atoms with Gasteiger partial charge in [-0.1, -0.05) is 12.8 Å². The molecule has 6 heteroatoms. The maximum atomic E-state index is 12.6. The number of carbonyl (C=O) groups excluding carboxylic acids is 1. The van der Waals surface area contributed by atoms with Gasteiger partial charge in [0, 0.05) is 11.6 Å². The molecule has 1 atom stereocenters. The lowest BCUT2D eigenvalue weighted by Gasteiger charge is -2.33. The van der Waals surface area contributed by atoms with Crippen LogP contribution in [0.2, 0.25) is 0 Å². The van der Waals surface area contributed by atoms with Crippen LogP contribution in [0, 0.1) is 6.92 Å². The molecule has 1 saturated heterocycles. The van der Waals surface area contributed by atoms with Crippen molar-refractivity contribution in [1.82, 2.24) is 5.32 Å². The predicted molar refractivity (Wildman–Crippen MR) is 109 cm³/mol. The number of methoxy groups -OCH3 is 2. The van der Waals surface area contributed by atoms with E-state index < -0.39 is 0 Å². The van der Waals surface area contributed by atoms with E-state index in [-0.39, 0.29) is 11.9 Å². The molecule has 1 aliphatic carbocycles. The Labute approximate surface area is 169 Å². The molecule has 1 heterocycles. The van der Waals surface area contributed by atoms with Crippen molar-refractivity contribution in [3.05, 3.63) is 23.3 Å². The molecule has 1 amide bonds. The van der Waals surface area contributed by atoms with Crippen molar-refractivity contribution in [2.45, 2.75) is 58.2 Å². The van der Waals surface area contributed by atoms with Crippen LogP contribution in [0.5, 0.6) is 11.5 Å². The SMILES string of the molecule is COc1cc(C)c(C[NH+]2CC[NH+]([C@@H](C)C(=O)NC3CCCC3)CC2)cc1OC. The van der Waals surface area contributed by atoms with Crippen LogP contribution in [-0.2, 0) is 11.3 Å². The normalized spacial score (nSPS) is 24.0. The molecule has 0 aromatic heterocycles. The van der Waals surface area contributed by atoms with E-state index in [1.165, 1.54) is 28.9 Å². The fraction of sp³-hybridized carbons (Fsp3) is 0.682. The smallest absolute Gasteiger partial charge is 0.278 e. The number of piperazine rings is 1. The van der Waals surface area contributed by atoms with Gasteiger partial charge in [-0.15, -0.1) is 0 Å². The third-order valence-corrected chi connectivity index (χ3v) is 6.59. The minimum atomic E-state index is 0.0463. The van der Waals surface area contributed by atoms with Crippen molar-refractivity contribution in [2.75, 3.05) is 40.4 Å². The second-order valence-corrected chi connectivity index (χ2v) is 8.43. The number of ether oxygens (including phenoxy) is 2. The van der Waals surface area contributed by atoms with Gasteiger partial charge in [0.15, 0.2) is 17.5 Å². The summed E-state index contributed by atoms with van der Waals surface area (Å²) in [6.07, 6.45) is 4.81. The van der Waals surface area contributed by atoms with Gasteiger partial charge in [-0.2, -0.15) is 0 Å². The highest BCUT2D eigenvalue weighted by molar-refractivity contribution is 5.80. The first-order valence-corrected chi connectivity index (χ1v) is 10.7. The summed E-state index contributed by atoms with van der Waals surface area (Å²) in [6.45, 7) is 9.47. The van der Waals surface area contributed by atoms with E-state index in [1.54, 1.807) is 19.1 Å². The standard InChI is InChI=1S/C22H35N3O3/c1-16-13-20(27-3)21(28-4)14-18(16)15-24-9-11-25(12-10-24)17(2)22(26)23-19-7-5-6-8-19/h13-14,17,19H,5-12,15H2,1-4H3,(H,23,26)/p+2/t17-/m0/s1. The molecule has 1 saturated carbocycles. The number of hydrogen-bond acceptors (Lipinski definition) is 3. The van der Waals surface area contributed by atoms with Gasteiger partial charge in [0.1, 0.15) is 32.7 Å². The summed E-state index contributed by atoms with van der Waals surface area (Å²) in [6, 6.07) is 4.63. The number of hydrogen-bond donors (Lipinski definition) is 3. The van der Waals surface area contributed by atoms with Crippen LogP contribution in [-0.4, -0.2) is 58.4 Å². The number of rotatable bonds is 7. The Morgan fingerprint density at radius 1 is 1.11 bits per heavy atom. The lowest BCUT2D eigenvalue weighted by atomic mass is 10.1. The van der Waals surface area contributed by atoms with E-state index in [0.29, 0.717) is 6.04 Å². The summed E-state index contributed by atoms with van der Waals surface area (Å²) in [4.78, 5) is 15.6. The zero-order valence-electron chi connectivity index (χ0n) is 17.9. The Morgan fingerprint density at radius 3 is 2.32 bits per heavy atom. The Kier molecular flexibility index (Phi) is 7.18. The van der Waals surface area contributed by atoms with Gasteiger partial charge in [0.2, 0.25) is 0 Å². The molecule has 1 aromatic rings. The monoisotopic (exact) mass is 391 g/mol. The van der Waals surface area contributed by atoms with Crippen LogP contribution >= 0.6 is 0 Å². The second-order valence-electron chi connectivity index (χ2n) is 8.43. The van der Waals surface area contributed by atoms with Crippen LogP contribution < -0.4 is 24.6 Å². The zero-order valence-corrected chi connectivity index (χ0v) is 17.9. The van der Waals surface area contributed by atoms with Crippen LogP contribution in [0.1, 0.15) is 43.7 Å². The minimum absolute atomic E-state index is 0.0463. The van der Waals surface area contributed by atoms with E-state index >= 15 is 0 Å². The predicted octanol–water partition coefficient (Wildman–Crippen LogP) is -0.257. The second kappa shape index (κ2) is 9.61. The highest BCUT2D eigenvalue weighted by Gasteiger charge is 2.32. The van der Waals surface area contributed by atoms with Crippen molar-refractivity contribution < 1.29 is 24.1 Å². The van der Waals surface area contributed by atoms with Crippen molar-refractivity contribution in [2.24, 2.45) is 0 Å². The fourth-order valence-electron chi connectivity index (χ4n) is 4.60. The van der Waals surface area contributed by atoms with Gasteiger partial charge in [-0.25, -0.2) is 0 Å². The number of carbonyl (C=O) groups is 1. The molecule has 3 rings (SSSR count). The minimum Gasteiger partial charge on any atom is -0.493 e. The van der Waals surface area contributed by atoms with E-state index in [2.05, 4.69) is 31.3 Å². The molecular formula is C22H37N3O3+2. The average Bonchev–Trinajstić information content (AvgIpc) is 3.22. The van der Waals surface area contributed by atoms with Crippen molar-refractivity contribution in [3.8, 4) is 11.5 Å². The molecule has 156 valence electrons. The molecule has 0 spiro atoms. The molecular weight excluding hydrogens is 354 g/mol. The summed E-state index contributed by atoms with van der Waals surface area (Å²) < 4.78 is 10.9. The lowest BCUT2D eigenvalue weighted by molar-refractivity contribution is -1.02. The van der Waals surface area contributed by atoms with Crippen LogP contribution in [0.15, 0.2) is 12.1 Å². The Hall–Kier alpha value is -1.79. The topological polar surface area (TPSA) is 56.4 Å². The maximum absolute atomic E-state index is 12.6. The van der Waals surface area contributed by atoms with Gasteiger partial charge in [0.25, 0.3) is 5.91 Å². The van der Waals surface area contributed by atoms with E-state index in [1.807, 2.05) is 0 Å². The lowest BCUT2D eigenvalue weighted by Crippen LogP contribution is -3.29. The molecule has 28 heavy (non-hydrogen) atoms. The zero-order chi connectivity index (χ0) is 20.1. The number of aryl methyl sites for hydroxylation is 1. The van der Waals surface area contributed by atoms with E-state index in [4.69, 9.17) is 9.47 Å². The molecule has 0 bridgehead atoms. The van der Waals surface area contributed by atoms with Crippen molar-refractivity contribution in [3.63, 3.8) is 0 Å². The van der Waals surface area contributed by atoms with E-state index in [0.717, 1.165) is 57.1 Å². The van der Waals surface area contributed by atoms with Crippen LogP contribution in [0.4, 0.5) is 0 Å². The first-order valence-electron chi connectivity index (χ1n) is 10.7. The van der Waals surface area contributed by atoms with Gasteiger partial charge < -0.3 is 24.6 Å². The quantitative estimate of drug-likeness (QED) is 0.601. The first kappa shape index (κ1) is 20.9. The van der Waals surface area contributed by atoms with Gasteiger partial charge >= 0.3 is 0 Å². The third kappa shape index (κ3) is 4.97. The summed E-state index contributed by atoms with van der Waals surface area (Å²) in [5.74, 6) is 1.82. The molecule has 6 nitrogen and oxygen atoms in total. The third-order valence-electron chi connectivity index (χ3n) is 6.59. The molecule has 0 radical (unpaired) electrons. The molecule has 3 N–H and O–H groups in total. The maximum Gasteiger partial charge on any atom is 0.278 e. The summed E-state index contributed by atoms with van der Waals surface area (Å²) in [7, 11) is 3.36. The fourth-order valence-corrected chi connectivity index (χ4v) is 4.60. The first-order chi connectivity index (χ1) is 13.5. The molecule has 0 unspecified atom stereocenters.